The van der Waals surface area contributed by atoms with Crippen molar-refractivity contribution in [1.29, 1.82) is 0 Å². The van der Waals surface area contributed by atoms with Crippen LogP contribution in [0.4, 0.5) is 0 Å². The second kappa shape index (κ2) is 7.57. The van der Waals surface area contributed by atoms with Crippen LogP contribution in [0, 0.1) is 11.8 Å². The van der Waals surface area contributed by atoms with E-state index < -0.39 is 10.2 Å². The van der Waals surface area contributed by atoms with Crippen LogP contribution in [-0.4, -0.2) is 38.4 Å². The van der Waals surface area contributed by atoms with Crippen molar-refractivity contribution in [1.82, 2.24) is 9.03 Å². The molecule has 0 bridgehead atoms. The number of nitrogens with zero attached hydrogens (tertiary/aromatic N) is 1. The van der Waals surface area contributed by atoms with Crippen molar-refractivity contribution in [3.05, 3.63) is 0 Å². The van der Waals surface area contributed by atoms with Crippen molar-refractivity contribution in [2.75, 3.05) is 19.6 Å². The minimum absolute atomic E-state index is 0.0156. The summed E-state index contributed by atoms with van der Waals surface area (Å²) < 4.78 is 29.0. The van der Waals surface area contributed by atoms with Gasteiger partial charge in [0.2, 0.25) is 0 Å². The summed E-state index contributed by atoms with van der Waals surface area (Å²) in [5, 5.41) is 0. The van der Waals surface area contributed by atoms with Gasteiger partial charge < -0.3 is 5.73 Å². The molecule has 0 aliphatic carbocycles. The zero-order valence-electron chi connectivity index (χ0n) is 12.4. The Labute approximate surface area is 118 Å². The van der Waals surface area contributed by atoms with E-state index in [1.54, 1.807) is 4.31 Å². The lowest BCUT2D eigenvalue weighted by molar-refractivity contribution is 0.266. The van der Waals surface area contributed by atoms with Crippen LogP contribution in [0.3, 0.4) is 0 Å². The minimum atomic E-state index is -3.35. The summed E-state index contributed by atoms with van der Waals surface area (Å²) >= 11 is 0. The highest BCUT2D eigenvalue weighted by Gasteiger charge is 2.29. The Kier molecular flexibility index (Phi) is 6.73. The molecule has 5 nitrogen and oxygen atoms in total. The molecule has 0 radical (unpaired) electrons. The summed E-state index contributed by atoms with van der Waals surface area (Å²) in [5.41, 5.74) is 5.65. The molecule has 114 valence electrons. The molecule has 19 heavy (non-hydrogen) atoms. The average Bonchev–Trinajstić information content (AvgIpc) is 2.37. The first-order chi connectivity index (χ1) is 8.89. The normalized spacial score (nSPS) is 25.2. The van der Waals surface area contributed by atoms with Crippen molar-refractivity contribution in [2.24, 2.45) is 17.6 Å². The van der Waals surface area contributed by atoms with Crippen molar-refractivity contribution < 1.29 is 8.42 Å². The van der Waals surface area contributed by atoms with Crippen molar-refractivity contribution in [2.45, 2.75) is 52.5 Å². The lowest BCUT2D eigenvalue weighted by Gasteiger charge is -2.32. The van der Waals surface area contributed by atoms with Gasteiger partial charge in [-0.1, -0.05) is 20.3 Å². The molecule has 0 aromatic carbocycles. The van der Waals surface area contributed by atoms with Crippen LogP contribution < -0.4 is 10.5 Å². The maximum Gasteiger partial charge on any atom is 0.279 e. The first-order valence-corrected chi connectivity index (χ1v) is 8.80. The van der Waals surface area contributed by atoms with E-state index in [0.717, 1.165) is 25.7 Å². The summed E-state index contributed by atoms with van der Waals surface area (Å²) in [5.74, 6) is 0.839. The third-order valence-electron chi connectivity index (χ3n) is 3.96. The first kappa shape index (κ1) is 16.9. The smallest absolute Gasteiger partial charge is 0.279 e. The Morgan fingerprint density at radius 2 is 2.11 bits per heavy atom. The van der Waals surface area contributed by atoms with Gasteiger partial charge in [0, 0.05) is 19.1 Å². The molecule has 3 unspecified atom stereocenters. The second-order valence-electron chi connectivity index (χ2n) is 5.88. The van der Waals surface area contributed by atoms with Gasteiger partial charge in [-0.2, -0.15) is 17.4 Å². The van der Waals surface area contributed by atoms with Crippen LogP contribution in [-0.2, 0) is 10.2 Å². The maximum absolute atomic E-state index is 12.3. The fourth-order valence-corrected chi connectivity index (χ4v) is 4.11. The number of hydrogen-bond donors (Lipinski definition) is 2. The van der Waals surface area contributed by atoms with Gasteiger partial charge in [0.15, 0.2) is 0 Å². The number of hydrogen-bond acceptors (Lipinski definition) is 3. The quantitative estimate of drug-likeness (QED) is 0.743. The van der Waals surface area contributed by atoms with E-state index in [1.165, 1.54) is 0 Å². The molecule has 3 atom stereocenters. The standard InChI is InChI=1S/C13H29N3O2S/c1-4-11(2)8-12(3)15-19(17,18)16-7-5-6-13(9-14)10-16/h11-13,15H,4-10,14H2,1-3H3. The molecule has 0 saturated carbocycles. The van der Waals surface area contributed by atoms with E-state index >= 15 is 0 Å². The maximum atomic E-state index is 12.3. The molecule has 0 spiro atoms. The Morgan fingerprint density at radius 1 is 1.42 bits per heavy atom. The molecule has 1 aliphatic rings. The second-order valence-corrected chi connectivity index (χ2v) is 7.58. The van der Waals surface area contributed by atoms with Crippen LogP contribution in [0.2, 0.25) is 0 Å². The summed E-state index contributed by atoms with van der Waals surface area (Å²) in [4.78, 5) is 0. The molecular formula is C13H29N3O2S. The molecule has 3 N–H and O–H groups in total. The number of nitrogens with one attached hydrogen (secondary N) is 1. The summed E-state index contributed by atoms with van der Waals surface area (Å²) in [6.07, 6.45) is 3.89. The molecule has 0 aromatic heterocycles. The highest BCUT2D eigenvalue weighted by Crippen LogP contribution is 2.18. The largest absolute Gasteiger partial charge is 0.330 e. The van der Waals surface area contributed by atoms with E-state index in [1.807, 2.05) is 6.92 Å². The molecule has 1 aliphatic heterocycles. The van der Waals surface area contributed by atoms with E-state index in [4.69, 9.17) is 5.73 Å². The monoisotopic (exact) mass is 291 g/mol. The Bertz CT molecular complexity index is 359. The molecular weight excluding hydrogens is 262 g/mol. The highest BCUT2D eigenvalue weighted by molar-refractivity contribution is 7.87. The van der Waals surface area contributed by atoms with Crippen LogP contribution in [0.15, 0.2) is 0 Å². The third-order valence-corrected chi connectivity index (χ3v) is 5.67. The number of piperidine rings is 1. The minimum Gasteiger partial charge on any atom is -0.330 e. The Balaban J connectivity index is 2.55. The van der Waals surface area contributed by atoms with Gasteiger partial charge in [-0.25, -0.2) is 0 Å². The average molecular weight is 291 g/mol. The van der Waals surface area contributed by atoms with Crippen LogP contribution in [0.25, 0.3) is 0 Å². The number of nitrogens with two attached hydrogens (primary N) is 1. The fraction of sp³-hybridized carbons (Fsp3) is 1.00. The molecule has 1 rings (SSSR count). The van der Waals surface area contributed by atoms with E-state index in [-0.39, 0.29) is 6.04 Å². The predicted octanol–water partition coefficient (Wildman–Crippen LogP) is 1.32. The lowest BCUT2D eigenvalue weighted by atomic mass is 10.0. The van der Waals surface area contributed by atoms with Crippen LogP contribution in [0.5, 0.6) is 0 Å². The summed E-state index contributed by atoms with van der Waals surface area (Å²) in [6, 6.07) is -0.0156. The van der Waals surface area contributed by atoms with E-state index in [9.17, 15) is 8.42 Å². The molecule has 0 amide bonds. The summed E-state index contributed by atoms with van der Waals surface area (Å²) in [7, 11) is -3.35. The van der Waals surface area contributed by atoms with Crippen LogP contribution >= 0.6 is 0 Å². The zero-order valence-corrected chi connectivity index (χ0v) is 13.2. The van der Waals surface area contributed by atoms with Gasteiger partial charge in [0.25, 0.3) is 10.2 Å². The molecule has 0 aromatic rings. The first-order valence-electron chi connectivity index (χ1n) is 7.36. The predicted molar refractivity (Wildman–Crippen MR) is 78.9 cm³/mol. The molecule has 1 heterocycles. The molecule has 1 saturated heterocycles. The van der Waals surface area contributed by atoms with Gasteiger partial charge in [0.05, 0.1) is 0 Å². The third kappa shape index (κ3) is 5.38. The van der Waals surface area contributed by atoms with Gasteiger partial charge >= 0.3 is 0 Å². The van der Waals surface area contributed by atoms with Gasteiger partial charge in [-0.3, -0.25) is 0 Å². The van der Waals surface area contributed by atoms with Gasteiger partial charge in [-0.05, 0) is 44.6 Å². The van der Waals surface area contributed by atoms with Crippen molar-refractivity contribution >= 4 is 10.2 Å². The highest BCUT2D eigenvalue weighted by atomic mass is 32.2. The Morgan fingerprint density at radius 3 is 2.68 bits per heavy atom. The lowest BCUT2D eigenvalue weighted by Crippen LogP contribution is -2.49. The van der Waals surface area contributed by atoms with E-state index in [0.29, 0.717) is 31.5 Å². The summed E-state index contributed by atoms with van der Waals surface area (Å²) in [6.45, 7) is 7.95. The Hall–Kier alpha value is -0.170. The zero-order chi connectivity index (χ0) is 14.5. The van der Waals surface area contributed by atoms with Crippen LogP contribution in [0.1, 0.15) is 46.5 Å². The van der Waals surface area contributed by atoms with Gasteiger partial charge in [0.1, 0.15) is 0 Å². The topological polar surface area (TPSA) is 75.4 Å². The van der Waals surface area contributed by atoms with E-state index in [2.05, 4.69) is 18.6 Å². The SMILES string of the molecule is CCC(C)CC(C)NS(=O)(=O)N1CCCC(CN)C1. The van der Waals surface area contributed by atoms with Crippen molar-refractivity contribution in [3.8, 4) is 0 Å². The van der Waals surface area contributed by atoms with Crippen molar-refractivity contribution in [3.63, 3.8) is 0 Å². The fourth-order valence-electron chi connectivity index (χ4n) is 2.58. The number of rotatable bonds is 7. The van der Waals surface area contributed by atoms with Gasteiger partial charge in [-0.15, -0.1) is 0 Å². The molecule has 6 heteroatoms. The molecule has 1 fully saturated rings.